The largest absolute Gasteiger partial charge is 0.309 e. The van der Waals surface area contributed by atoms with Crippen LogP contribution in [0.3, 0.4) is 0 Å². The van der Waals surface area contributed by atoms with E-state index in [-0.39, 0.29) is 43.3 Å². The molecule has 0 aliphatic carbocycles. The van der Waals surface area contributed by atoms with Gasteiger partial charge in [-0.05, 0) is 221 Å². The predicted octanol–water partition coefficient (Wildman–Crippen LogP) is 25.7. The molecule has 6 aromatic heterocycles. The molecule has 0 N–H and O–H groups in total. The molecule has 0 aliphatic heterocycles. The Morgan fingerprint density at radius 3 is 0.456 bits per heavy atom. The first-order valence-corrected chi connectivity index (χ1v) is 37.3. The van der Waals surface area contributed by atoms with Gasteiger partial charge in [-0.1, -0.05) is 215 Å². The van der Waals surface area contributed by atoms with Gasteiger partial charge in [-0.25, -0.2) is 0 Å². The van der Waals surface area contributed by atoms with E-state index >= 15 is 0 Å². The molecule has 0 spiro atoms. The molecule has 8 nitrogen and oxygen atoms in total. The normalized spacial score (nSPS) is 13.6. The van der Waals surface area contributed by atoms with Crippen molar-refractivity contribution in [1.82, 2.24) is 37.8 Å². The second kappa shape index (κ2) is 22.4. The zero-order valence-electron chi connectivity index (χ0n) is 65.4. The van der Waals surface area contributed by atoms with Gasteiger partial charge in [-0.15, -0.1) is 0 Å². The first-order valence-electron chi connectivity index (χ1n) is 37.3. The van der Waals surface area contributed by atoms with Crippen molar-refractivity contribution in [3.8, 4) is 29.2 Å². The minimum absolute atomic E-state index is 0.0438. The van der Waals surface area contributed by atoms with Crippen LogP contribution < -0.4 is 0 Å². The zero-order chi connectivity index (χ0) is 73.3. The first-order chi connectivity index (χ1) is 48.1. The van der Waals surface area contributed by atoms with Crippen molar-refractivity contribution in [2.45, 2.75) is 209 Å². The van der Waals surface area contributed by atoms with Crippen molar-refractivity contribution in [1.29, 1.82) is 0 Å². The molecule has 16 aromatic rings. The molecule has 16 rings (SSSR count). The zero-order valence-corrected chi connectivity index (χ0v) is 65.4. The van der Waals surface area contributed by atoms with Gasteiger partial charge in [0.15, 0.2) is 0 Å². The van der Waals surface area contributed by atoms with Gasteiger partial charge in [0.25, 0.3) is 0 Å². The quantitative estimate of drug-likeness (QED) is 0.172. The molecule has 0 amide bonds. The molecule has 10 aromatic carbocycles. The van der Waals surface area contributed by atoms with Gasteiger partial charge in [-0.3, -0.25) is 13.7 Å². The number of aromatic nitrogens is 8. The Hall–Kier alpha value is -9.79. The molecule has 0 atom stereocenters. The standard InChI is InChI=1S/C95H102N8/c1-88(2,3)55-25-35-75-65(45-55)66-46-56(89(4,5)6)26-36-76(66)99(75)63-33-43-83-73(53-63)74-54-64(100-77-37-27-57(90(7,8)9)47-67(77)68-48-58(91(10,11)12)28-38-78(68)100)34-44-84(74)103(83)87-97-85(101-79-39-29-59(92(13,14)15)49-69(79)70-50-60(93(16,17)18)30-40-80(70)101)96-86(98-87)102-81-41-31-61(94(19,20)21)51-71(81)72-52-62(95(22,23)24)32-42-82(72)102/h25-54H,1-24H3. The van der Waals surface area contributed by atoms with Crippen molar-refractivity contribution < 1.29 is 0 Å². The summed E-state index contributed by atoms with van der Waals surface area (Å²) in [6, 6.07) is 70.8. The molecular weight excluding hydrogens is 1250 g/mol. The van der Waals surface area contributed by atoms with Crippen molar-refractivity contribution in [3.63, 3.8) is 0 Å². The van der Waals surface area contributed by atoms with Crippen LogP contribution in [0.1, 0.15) is 211 Å². The Kier molecular flexibility index (Phi) is 14.7. The van der Waals surface area contributed by atoms with E-state index in [4.69, 9.17) is 15.0 Å². The summed E-state index contributed by atoms with van der Waals surface area (Å²) in [4.78, 5) is 17.7. The van der Waals surface area contributed by atoms with E-state index in [0.717, 1.165) is 55.2 Å². The van der Waals surface area contributed by atoms with Gasteiger partial charge in [0.2, 0.25) is 17.8 Å². The predicted molar refractivity (Wildman–Crippen MR) is 441 cm³/mol. The van der Waals surface area contributed by atoms with Crippen LogP contribution in [0.15, 0.2) is 182 Å². The summed E-state index contributed by atoms with van der Waals surface area (Å²) in [6.07, 6.45) is 0. The third-order valence-electron chi connectivity index (χ3n) is 22.4. The molecular formula is C95H102N8. The third-order valence-corrected chi connectivity index (χ3v) is 22.4. The highest BCUT2D eigenvalue weighted by Gasteiger charge is 2.30. The minimum atomic E-state index is -0.0927. The summed E-state index contributed by atoms with van der Waals surface area (Å²) in [5, 5.41) is 11.8. The number of fused-ring (bicyclic) bond motifs is 15. The lowest BCUT2D eigenvalue weighted by Crippen LogP contribution is -2.14. The van der Waals surface area contributed by atoms with Crippen molar-refractivity contribution >= 4 is 109 Å². The van der Waals surface area contributed by atoms with Gasteiger partial charge in [0, 0.05) is 65.2 Å². The molecule has 0 radical (unpaired) electrons. The third kappa shape index (κ3) is 11.1. The van der Waals surface area contributed by atoms with Gasteiger partial charge >= 0.3 is 0 Å². The molecule has 103 heavy (non-hydrogen) atoms. The second-order valence-corrected chi connectivity index (χ2v) is 38.2. The average molecular weight is 1360 g/mol. The highest BCUT2D eigenvalue weighted by atomic mass is 15.3. The molecule has 0 bridgehead atoms. The van der Waals surface area contributed by atoms with E-state index in [0.29, 0.717) is 17.8 Å². The highest BCUT2D eigenvalue weighted by Crippen LogP contribution is 2.46. The molecule has 0 unspecified atom stereocenters. The van der Waals surface area contributed by atoms with E-state index in [2.05, 4.69) is 371 Å². The van der Waals surface area contributed by atoms with Crippen LogP contribution in [0.25, 0.3) is 138 Å². The average Bonchev–Trinajstić information content (AvgIpc) is 1.57. The molecule has 6 heterocycles. The van der Waals surface area contributed by atoms with Crippen LogP contribution in [0.2, 0.25) is 0 Å². The lowest BCUT2D eigenvalue weighted by molar-refractivity contribution is 0.590. The van der Waals surface area contributed by atoms with Gasteiger partial charge < -0.3 is 9.13 Å². The first kappa shape index (κ1) is 67.7. The van der Waals surface area contributed by atoms with E-state index in [1.807, 2.05) is 0 Å². The molecule has 522 valence electrons. The van der Waals surface area contributed by atoms with E-state index < -0.39 is 0 Å². The van der Waals surface area contributed by atoms with E-state index in [1.54, 1.807) is 0 Å². The molecule has 0 saturated carbocycles. The second-order valence-electron chi connectivity index (χ2n) is 38.2. The summed E-state index contributed by atoms with van der Waals surface area (Å²) in [5.74, 6) is 1.59. The Balaban J connectivity index is 1.05. The lowest BCUT2D eigenvalue weighted by atomic mass is 9.85. The number of nitrogens with zero attached hydrogens (tertiary/aromatic N) is 8. The maximum atomic E-state index is 5.92. The molecule has 0 fully saturated rings. The Labute approximate surface area is 608 Å². The van der Waals surface area contributed by atoms with Crippen LogP contribution in [0.4, 0.5) is 0 Å². The van der Waals surface area contributed by atoms with Gasteiger partial charge in [-0.2, -0.15) is 15.0 Å². The Bertz CT molecular complexity index is 5580. The topological polar surface area (TPSA) is 63.3 Å². The maximum absolute atomic E-state index is 5.92. The summed E-state index contributed by atoms with van der Waals surface area (Å²) in [7, 11) is 0. The lowest BCUT2D eigenvalue weighted by Gasteiger charge is -2.19. The van der Waals surface area contributed by atoms with Crippen LogP contribution in [-0.4, -0.2) is 37.8 Å². The fraction of sp³-hybridized carbons (Fsp3) is 0.337. The van der Waals surface area contributed by atoms with E-state index in [9.17, 15) is 0 Å². The van der Waals surface area contributed by atoms with Crippen molar-refractivity contribution in [2.75, 3.05) is 0 Å². The maximum Gasteiger partial charge on any atom is 0.241 e. The Morgan fingerprint density at radius 1 is 0.165 bits per heavy atom. The fourth-order valence-corrected chi connectivity index (χ4v) is 15.9. The molecule has 0 saturated heterocycles. The number of hydrogen-bond acceptors (Lipinski definition) is 3. The van der Waals surface area contributed by atoms with Gasteiger partial charge in [0.1, 0.15) is 0 Å². The smallest absolute Gasteiger partial charge is 0.241 e. The van der Waals surface area contributed by atoms with Crippen molar-refractivity contribution in [2.24, 2.45) is 0 Å². The summed E-state index contributed by atoms with van der Waals surface area (Å²) >= 11 is 0. The van der Waals surface area contributed by atoms with Crippen LogP contribution >= 0.6 is 0 Å². The monoisotopic (exact) mass is 1350 g/mol. The minimum Gasteiger partial charge on any atom is -0.309 e. The fourth-order valence-electron chi connectivity index (χ4n) is 15.9. The SMILES string of the molecule is CC(C)(C)c1ccc2c(c1)c1cc(C(C)(C)C)ccc1n2-c1ccc2c(c1)c1cc(-n3c4ccc(C(C)(C)C)cc4c4cc(C(C)(C)C)ccc43)ccc1n2-c1nc(-n2c3ccc(C(C)(C)C)cc3c3cc(C(C)(C)C)ccc32)nc(-n2c3ccc(C(C)(C)C)cc3c3cc(C(C)(C)C)ccc32)n1. The van der Waals surface area contributed by atoms with Crippen LogP contribution in [0, 0.1) is 0 Å². The van der Waals surface area contributed by atoms with Gasteiger partial charge in [0.05, 0.1) is 55.2 Å². The van der Waals surface area contributed by atoms with Crippen molar-refractivity contribution in [3.05, 3.63) is 226 Å². The van der Waals surface area contributed by atoms with E-state index in [1.165, 1.54) is 110 Å². The number of benzene rings is 10. The number of rotatable bonds is 5. The Morgan fingerprint density at radius 2 is 0.301 bits per heavy atom. The van der Waals surface area contributed by atoms with Crippen LogP contribution in [-0.2, 0) is 43.3 Å². The summed E-state index contributed by atoms with van der Waals surface area (Å²) < 4.78 is 11.9. The molecule has 8 heteroatoms. The molecule has 0 aliphatic rings. The van der Waals surface area contributed by atoms with Crippen LogP contribution in [0.5, 0.6) is 0 Å². The number of hydrogen-bond donors (Lipinski definition) is 0. The summed E-state index contributed by atoms with van der Waals surface area (Å²) in [6.45, 7) is 55.5. The highest BCUT2D eigenvalue weighted by molar-refractivity contribution is 6.16. The summed E-state index contributed by atoms with van der Waals surface area (Å²) in [5.41, 5.74) is 22.7.